The van der Waals surface area contributed by atoms with Crippen molar-refractivity contribution in [1.29, 1.82) is 0 Å². The van der Waals surface area contributed by atoms with Crippen molar-refractivity contribution in [3.05, 3.63) is 24.0 Å². The van der Waals surface area contributed by atoms with E-state index in [2.05, 4.69) is 29.0 Å². The van der Waals surface area contributed by atoms with Crippen LogP contribution in [0.25, 0.3) is 0 Å². The van der Waals surface area contributed by atoms with Gasteiger partial charge in [0.05, 0.1) is 5.69 Å². The number of nitrogens with one attached hydrogen (secondary N) is 1. The van der Waals surface area contributed by atoms with Crippen LogP contribution in [0.2, 0.25) is 0 Å². The van der Waals surface area contributed by atoms with Crippen molar-refractivity contribution in [3.63, 3.8) is 0 Å². The molecule has 0 unspecified atom stereocenters. The number of aromatic nitrogens is 1. The molecule has 3 N–H and O–H groups in total. The van der Waals surface area contributed by atoms with Crippen molar-refractivity contribution in [3.8, 4) is 0 Å². The molecule has 0 radical (unpaired) electrons. The number of anilines is 1. The number of likely N-dealkylation sites (N-methyl/N-ethyl adjacent to an activating group) is 1. The molecule has 1 aromatic rings. The smallest absolute Gasteiger partial charge is 0.272 e. The van der Waals surface area contributed by atoms with Gasteiger partial charge in [-0.2, -0.15) is 0 Å². The second-order valence-electron chi connectivity index (χ2n) is 4.13. The summed E-state index contributed by atoms with van der Waals surface area (Å²) in [6.07, 6.45) is 2.69. The van der Waals surface area contributed by atoms with Gasteiger partial charge in [0, 0.05) is 19.3 Å². The standard InChI is InChI=1S/C13H22N4O/c1-3-9-17(4-2)10-8-16-13(18)12-11(14)6-5-7-15-12/h5-7H,3-4,8-10,14H2,1-2H3,(H,16,18). The first-order valence-electron chi connectivity index (χ1n) is 6.40. The molecule has 0 fully saturated rings. The summed E-state index contributed by atoms with van der Waals surface area (Å²) >= 11 is 0. The summed E-state index contributed by atoms with van der Waals surface area (Å²) < 4.78 is 0. The third-order valence-electron chi connectivity index (χ3n) is 2.75. The fraction of sp³-hybridized carbons (Fsp3) is 0.538. The summed E-state index contributed by atoms with van der Waals surface area (Å²) in [5.41, 5.74) is 6.41. The van der Waals surface area contributed by atoms with E-state index in [-0.39, 0.29) is 5.91 Å². The van der Waals surface area contributed by atoms with Crippen LogP contribution in [-0.4, -0.2) is 42.0 Å². The molecule has 1 amide bonds. The average Bonchev–Trinajstić information content (AvgIpc) is 2.38. The highest BCUT2D eigenvalue weighted by molar-refractivity contribution is 5.96. The molecule has 0 aliphatic rings. The Labute approximate surface area is 108 Å². The van der Waals surface area contributed by atoms with Crippen LogP contribution in [0.15, 0.2) is 18.3 Å². The number of carbonyl (C=O) groups excluding carboxylic acids is 1. The minimum Gasteiger partial charge on any atom is -0.397 e. The number of rotatable bonds is 7. The Balaban J connectivity index is 2.40. The Morgan fingerprint density at radius 1 is 1.44 bits per heavy atom. The molecule has 0 saturated carbocycles. The number of hydrogen-bond donors (Lipinski definition) is 2. The molecule has 1 aromatic heterocycles. The van der Waals surface area contributed by atoms with Crippen LogP contribution in [-0.2, 0) is 0 Å². The second kappa shape index (κ2) is 7.66. The SMILES string of the molecule is CCCN(CC)CCNC(=O)c1ncccc1N. The molecule has 18 heavy (non-hydrogen) atoms. The molecule has 1 heterocycles. The van der Waals surface area contributed by atoms with Gasteiger partial charge in [-0.05, 0) is 31.6 Å². The van der Waals surface area contributed by atoms with Gasteiger partial charge < -0.3 is 16.0 Å². The van der Waals surface area contributed by atoms with Crippen LogP contribution in [0.3, 0.4) is 0 Å². The third-order valence-corrected chi connectivity index (χ3v) is 2.75. The monoisotopic (exact) mass is 250 g/mol. The summed E-state index contributed by atoms with van der Waals surface area (Å²) in [6, 6.07) is 3.39. The normalized spacial score (nSPS) is 10.6. The van der Waals surface area contributed by atoms with E-state index in [1.165, 1.54) is 0 Å². The van der Waals surface area contributed by atoms with Gasteiger partial charge in [-0.15, -0.1) is 0 Å². The lowest BCUT2D eigenvalue weighted by Crippen LogP contribution is -2.35. The lowest BCUT2D eigenvalue weighted by molar-refractivity contribution is 0.0944. The summed E-state index contributed by atoms with van der Waals surface area (Å²) in [7, 11) is 0. The lowest BCUT2D eigenvalue weighted by Gasteiger charge is -2.19. The quantitative estimate of drug-likeness (QED) is 0.761. The molecular formula is C13H22N4O. The van der Waals surface area contributed by atoms with E-state index in [1.54, 1.807) is 18.3 Å². The second-order valence-corrected chi connectivity index (χ2v) is 4.13. The predicted molar refractivity (Wildman–Crippen MR) is 73.4 cm³/mol. The van der Waals surface area contributed by atoms with Crippen molar-refractivity contribution in [2.75, 3.05) is 31.9 Å². The van der Waals surface area contributed by atoms with E-state index < -0.39 is 0 Å². The van der Waals surface area contributed by atoms with Gasteiger partial charge in [-0.25, -0.2) is 4.98 Å². The Morgan fingerprint density at radius 3 is 2.83 bits per heavy atom. The number of carbonyl (C=O) groups is 1. The van der Waals surface area contributed by atoms with E-state index in [0.29, 0.717) is 17.9 Å². The van der Waals surface area contributed by atoms with Crippen LogP contribution in [0.5, 0.6) is 0 Å². The fourth-order valence-corrected chi connectivity index (χ4v) is 1.76. The van der Waals surface area contributed by atoms with E-state index in [4.69, 9.17) is 5.73 Å². The van der Waals surface area contributed by atoms with Crippen molar-refractivity contribution < 1.29 is 4.79 Å². The molecule has 0 aromatic carbocycles. The van der Waals surface area contributed by atoms with Crippen molar-refractivity contribution in [2.24, 2.45) is 0 Å². The van der Waals surface area contributed by atoms with Gasteiger partial charge in [0.15, 0.2) is 5.69 Å². The number of pyridine rings is 1. The van der Waals surface area contributed by atoms with Crippen molar-refractivity contribution in [1.82, 2.24) is 15.2 Å². The number of nitrogen functional groups attached to an aromatic ring is 1. The van der Waals surface area contributed by atoms with Gasteiger partial charge in [0.2, 0.25) is 0 Å². The van der Waals surface area contributed by atoms with Crippen LogP contribution < -0.4 is 11.1 Å². The molecule has 5 heteroatoms. The molecule has 0 aliphatic heterocycles. The number of amides is 1. The van der Waals surface area contributed by atoms with Gasteiger partial charge in [-0.1, -0.05) is 13.8 Å². The molecule has 0 saturated heterocycles. The fourth-order valence-electron chi connectivity index (χ4n) is 1.76. The van der Waals surface area contributed by atoms with E-state index in [1.807, 2.05) is 0 Å². The molecule has 0 aliphatic carbocycles. The minimum absolute atomic E-state index is 0.208. The molecule has 100 valence electrons. The maximum Gasteiger partial charge on any atom is 0.272 e. The molecule has 0 spiro atoms. The van der Waals surface area contributed by atoms with E-state index >= 15 is 0 Å². The third kappa shape index (κ3) is 4.33. The van der Waals surface area contributed by atoms with Gasteiger partial charge in [-0.3, -0.25) is 4.79 Å². The summed E-state index contributed by atoms with van der Waals surface area (Å²) in [6.45, 7) is 7.78. The Kier molecular flexibility index (Phi) is 6.14. The zero-order valence-electron chi connectivity index (χ0n) is 11.1. The van der Waals surface area contributed by atoms with Crippen molar-refractivity contribution >= 4 is 11.6 Å². The van der Waals surface area contributed by atoms with Gasteiger partial charge in [0.1, 0.15) is 0 Å². The van der Waals surface area contributed by atoms with E-state index in [9.17, 15) is 4.79 Å². The van der Waals surface area contributed by atoms with Crippen molar-refractivity contribution in [2.45, 2.75) is 20.3 Å². The largest absolute Gasteiger partial charge is 0.397 e. The molecule has 5 nitrogen and oxygen atoms in total. The summed E-state index contributed by atoms with van der Waals surface area (Å²) in [5.74, 6) is -0.208. The van der Waals surface area contributed by atoms with Crippen LogP contribution in [0.1, 0.15) is 30.8 Å². The molecular weight excluding hydrogens is 228 g/mol. The molecule has 1 rings (SSSR count). The van der Waals surface area contributed by atoms with Gasteiger partial charge in [0.25, 0.3) is 5.91 Å². The highest BCUT2D eigenvalue weighted by Crippen LogP contribution is 2.05. The first-order valence-corrected chi connectivity index (χ1v) is 6.40. The maximum absolute atomic E-state index is 11.8. The highest BCUT2D eigenvalue weighted by atomic mass is 16.1. The highest BCUT2D eigenvalue weighted by Gasteiger charge is 2.10. The molecule has 0 atom stereocenters. The minimum atomic E-state index is -0.208. The average molecular weight is 250 g/mol. The van der Waals surface area contributed by atoms with Crippen LogP contribution in [0, 0.1) is 0 Å². The van der Waals surface area contributed by atoms with E-state index in [0.717, 1.165) is 26.1 Å². The zero-order chi connectivity index (χ0) is 13.4. The Bertz CT molecular complexity index is 381. The maximum atomic E-state index is 11.8. The number of nitrogens with two attached hydrogens (primary N) is 1. The summed E-state index contributed by atoms with van der Waals surface area (Å²) in [5, 5.41) is 2.84. The van der Waals surface area contributed by atoms with Crippen LogP contribution >= 0.6 is 0 Å². The predicted octanol–water partition coefficient (Wildman–Crippen LogP) is 1.13. The first-order chi connectivity index (χ1) is 8.69. The first kappa shape index (κ1) is 14.4. The van der Waals surface area contributed by atoms with Gasteiger partial charge >= 0.3 is 0 Å². The van der Waals surface area contributed by atoms with Crippen LogP contribution in [0.4, 0.5) is 5.69 Å². The Morgan fingerprint density at radius 2 is 2.22 bits per heavy atom. The molecule has 0 bridgehead atoms. The topological polar surface area (TPSA) is 71.2 Å². The lowest BCUT2D eigenvalue weighted by atomic mass is 10.3. The summed E-state index contributed by atoms with van der Waals surface area (Å²) in [4.78, 5) is 18.1. The number of hydrogen-bond acceptors (Lipinski definition) is 4. The zero-order valence-corrected chi connectivity index (χ0v) is 11.1. The number of nitrogens with zero attached hydrogens (tertiary/aromatic N) is 2. The Hall–Kier alpha value is -1.62.